The topological polar surface area (TPSA) is 66.9 Å². The average Bonchev–Trinajstić information content (AvgIpc) is 2.74. The normalized spacial score (nSPS) is 20.2. The van der Waals surface area contributed by atoms with Crippen molar-refractivity contribution in [2.45, 2.75) is 13.3 Å². The molecule has 0 aliphatic carbocycles. The van der Waals surface area contributed by atoms with Crippen molar-refractivity contribution in [3.63, 3.8) is 0 Å². The third kappa shape index (κ3) is 2.30. The van der Waals surface area contributed by atoms with E-state index in [1.54, 1.807) is 6.20 Å². The monoisotopic (exact) mass is 206 g/mol. The Morgan fingerprint density at radius 3 is 3.20 bits per heavy atom. The van der Waals surface area contributed by atoms with Crippen molar-refractivity contribution >= 4 is 11.7 Å². The van der Waals surface area contributed by atoms with Crippen LogP contribution in [0.5, 0.6) is 0 Å². The Hall–Kier alpha value is -1.49. The highest BCUT2D eigenvalue weighted by Gasteiger charge is 2.22. The average molecular weight is 206 g/mol. The molecule has 0 radical (unpaired) electrons. The molecule has 5 nitrogen and oxygen atoms in total. The fourth-order valence-corrected chi connectivity index (χ4v) is 1.61. The summed E-state index contributed by atoms with van der Waals surface area (Å²) in [6.45, 7) is 3.57. The molecule has 2 rings (SSSR count). The van der Waals surface area contributed by atoms with Gasteiger partial charge in [0.15, 0.2) is 5.82 Å². The first-order valence-electron chi connectivity index (χ1n) is 5.07. The molecule has 0 saturated carbocycles. The van der Waals surface area contributed by atoms with Crippen LogP contribution in [0.2, 0.25) is 0 Å². The van der Waals surface area contributed by atoms with Crippen molar-refractivity contribution in [1.82, 2.24) is 15.5 Å². The van der Waals surface area contributed by atoms with Crippen LogP contribution < -0.4 is 10.6 Å². The molecule has 0 spiro atoms. The van der Waals surface area contributed by atoms with Crippen molar-refractivity contribution in [2.75, 3.05) is 18.4 Å². The summed E-state index contributed by atoms with van der Waals surface area (Å²) < 4.78 is 0. The molecule has 1 aliphatic rings. The number of carbonyl (C=O) groups is 1. The molecule has 2 heterocycles. The van der Waals surface area contributed by atoms with E-state index in [1.165, 1.54) is 0 Å². The summed E-state index contributed by atoms with van der Waals surface area (Å²) in [5.41, 5.74) is 0.935. The van der Waals surface area contributed by atoms with Crippen LogP contribution in [0.25, 0.3) is 0 Å². The van der Waals surface area contributed by atoms with Crippen molar-refractivity contribution in [2.24, 2.45) is 5.92 Å². The molecule has 1 atom stereocenters. The highest BCUT2D eigenvalue weighted by molar-refractivity contribution is 5.92. The molecule has 5 heteroatoms. The van der Waals surface area contributed by atoms with Gasteiger partial charge in [-0.3, -0.25) is 4.79 Å². The summed E-state index contributed by atoms with van der Waals surface area (Å²) in [6, 6.07) is 1.83. The molecule has 15 heavy (non-hydrogen) atoms. The number of nitrogens with zero attached hydrogens (tertiary/aromatic N) is 2. The molecule has 80 valence electrons. The smallest absolute Gasteiger partial charge is 0.230 e. The van der Waals surface area contributed by atoms with Crippen molar-refractivity contribution in [3.05, 3.63) is 17.8 Å². The van der Waals surface area contributed by atoms with Gasteiger partial charge in [0.2, 0.25) is 5.91 Å². The fourth-order valence-electron chi connectivity index (χ4n) is 1.61. The minimum Gasteiger partial charge on any atom is -0.316 e. The molecule has 1 fully saturated rings. The molecule has 0 bridgehead atoms. The van der Waals surface area contributed by atoms with Gasteiger partial charge in [0.25, 0.3) is 0 Å². The van der Waals surface area contributed by atoms with Gasteiger partial charge in [-0.05, 0) is 31.5 Å². The van der Waals surface area contributed by atoms with Gasteiger partial charge in [0, 0.05) is 6.54 Å². The quantitative estimate of drug-likeness (QED) is 0.732. The summed E-state index contributed by atoms with van der Waals surface area (Å²) >= 11 is 0. The number of anilines is 1. The zero-order chi connectivity index (χ0) is 10.7. The predicted molar refractivity (Wildman–Crippen MR) is 56.4 cm³/mol. The number of nitrogens with one attached hydrogen (secondary N) is 2. The fraction of sp³-hybridized carbons (Fsp3) is 0.500. The van der Waals surface area contributed by atoms with E-state index in [1.807, 2.05) is 13.0 Å². The van der Waals surface area contributed by atoms with Crippen molar-refractivity contribution < 1.29 is 4.79 Å². The maximum atomic E-state index is 11.7. The Bertz CT molecular complexity index is 360. The van der Waals surface area contributed by atoms with Crippen LogP contribution >= 0.6 is 0 Å². The second kappa shape index (κ2) is 4.35. The highest BCUT2D eigenvalue weighted by Crippen LogP contribution is 2.13. The largest absolute Gasteiger partial charge is 0.316 e. The third-order valence-corrected chi connectivity index (χ3v) is 2.60. The summed E-state index contributed by atoms with van der Waals surface area (Å²) in [5, 5.41) is 13.6. The lowest BCUT2D eigenvalue weighted by Crippen LogP contribution is -2.25. The lowest BCUT2D eigenvalue weighted by molar-refractivity contribution is -0.119. The summed E-state index contributed by atoms with van der Waals surface area (Å²) in [6.07, 6.45) is 2.51. The molecule has 0 aromatic carbocycles. The molecule has 1 aliphatic heterocycles. The number of carbonyl (C=O) groups excluding carboxylic acids is 1. The van der Waals surface area contributed by atoms with Crippen molar-refractivity contribution in [3.8, 4) is 0 Å². The molecule has 1 unspecified atom stereocenters. The lowest BCUT2D eigenvalue weighted by Gasteiger charge is -2.09. The van der Waals surface area contributed by atoms with Gasteiger partial charge >= 0.3 is 0 Å². The molecular weight excluding hydrogens is 192 g/mol. The Kier molecular flexibility index (Phi) is 2.91. The van der Waals surface area contributed by atoms with Crippen LogP contribution in [0.15, 0.2) is 12.3 Å². The first kappa shape index (κ1) is 10.0. The first-order chi connectivity index (χ1) is 7.27. The van der Waals surface area contributed by atoms with Crippen LogP contribution in [0.4, 0.5) is 5.82 Å². The predicted octanol–water partition coefficient (Wildman–Crippen LogP) is 0.333. The summed E-state index contributed by atoms with van der Waals surface area (Å²) in [5.74, 6) is 0.657. The summed E-state index contributed by atoms with van der Waals surface area (Å²) in [7, 11) is 0. The van der Waals surface area contributed by atoms with Crippen LogP contribution in [0.3, 0.4) is 0 Å². The van der Waals surface area contributed by atoms with Gasteiger partial charge in [-0.2, -0.15) is 5.10 Å². The first-order valence-corrected chi connectivity index (χ1v) is 5.07. The van der Waals surface area contributed by atoms with E-state index in [4.69, 9.17) is 0 Å². The SMILES string of the molecule is Cc1ccnnc1NC(=O)C1CCNC1. The van der Waals surface area contributed by atoms with E-state index < -0.39 is 0 Å². The van der Waals surface area contributed by atoms with Crippen LogP contribution in [-0.2, 0) is 4.79 Å². The Morgan fingerprint density at radius 1 is 1.67 bits per heavy atom. The minimum absolute atomic E-state index is 0.0311. The molecule has 2 N–H and O–H groups in total. The Balaban J connectivity index is 2.02. The van der Waals surface area contributed by atoms with Gasteiger partial charge in [-0.15, -0.1) is 5.10 Å². The van der Waals surface area contributed by atoms with Gasteiger partial charge in [0.1, 0.15) is 0 Å². The van der Waals surface area contributed by atoms with Crippen molar-refractivity contribution in [1.29, 1.82) is 0 Å². The Labute approximate surface area is 88.3 Å². The highest BCUT2D eigenvalue weighted by atomic mass is 16.2. The maximum absolute atomic E-state index is 11.7. The van der Waals surface area contributed by atoms with Crippen LogP contribution in [0.1, 0.15) is 12.0 Å². The summed E-state index contributed by atoms with van der Waals surface area (Å²) in [4.78, 5) is 11.7. The lowest BCUT2D eigenvalue weighted by atomic mass is 10.1. The van der Waals surface area contributed by atoms with E-state index in [0.717, 1.165) is 25.1 Å². The molecule has 1 aromatic heterocycles. The van der Waals surface area contributed by atoms with Gasteiger partial charge in [-0.25, -0.2) is 0 Å². The zero-order valence-corrected chi connectivity index (χ0v) is 8.66. The number of aromatic nitrogens is 2. The van der Waals surface area contributed by atoms with Crippen LogP contribution in [-0.4, -0.2) is 29.2 Å². The van der Waals surface area contributed by atoms with Gasteiger partial charge < -0.3 is 10.6 Å². The van der Waals surface area contributed by atoms with Crippen LogP contribution in [0, 0.1) is 12.8 Å². The second-order valence-electron chi connectivity index (χ2n) is 3.74. The third-order valence-electron chi connectivity index (χ3n) is 2.60. The standard InChI is InChI=1S/C10H14N4O/c1-7-2-5-12-14-9(7)13-10(15)8-3-4-11-6-8/h2,5,8,11H,3-4,6H2,1H3,(H,13,14,15). The molecular formula is C10H14N4O. The Morgan fingerprint density at radius 2 is 2.53 bits per heavy atom. The molecule has 1 amide bonds. The van der Waals surface area contributed by atoms with E-state index in [9.17, 15) is 4.79 Å². The van der Waals surface area contributed by atoms with E-state index >= 15 is 0 Å². The number of aryl methyl sites for hydroxylation is 1. The van der Waals surface area contributed by atoms with E-state index in [2.05, 4.69) is 20.8 Å². The number of hydrogen-bond acceptors (Lipinski definition) is 4. The van der Waals surface area contributed by atoms with Gasteiger partial charge in [-0.1, -0.05) is 0 Å². The maximum Gasteiger partial charge on any atom is 0.230 e. The molecule has 1 aromatic rings. The number of rotatable bonds is 2. The van der Waals surface area contributed by atoms with E-state index in [-0.39, 0.29) is 11.8 Å². The molecule has 1 saturated heterocycles. The minimum atomic E-state index is 0.0311. The van der Waals surface area contributed by atoms with Gasteiger partial charge in [0.05, 0.1) is 12.1 Å². The number of hydrogen-bond donors (Lipinski definition) is 2. The van der Waals surface area contributed by atoms with E-state index in [0.29, 0.717) is 5.82 Å². The number of amides is 1. The second-order valence-corrected chi connectivity index (χ2v) is 3.74. The zero-order valence-electron chi connectivity index (χ0n) is 8.66.